The molecule has 7 heteroatoms. The van der Waals surface area contributed by atoms with Gasteiger partial charge in [0, 0.05) is 0 Å². The van der Waals surface area contributed by atoms with E-state index >= 15 is 0 Å². The van der Waals surface area contributed by atoms with Crippen LogP contribution >= 0.6 is 0 Å². The largest absolute Gasteiger partial charge is 0.542 e. The molecule has 0 saturated heterocycles. The zero-order valence-corrected chi connectivity index (χ0v) is 6.45. The molecule has 0 fully saturated rings. The number of hydrogen-bond acceptors (Lipinski definition) is 7. The minimum Gasteiger partial charge on any atom is -0.542 e. The highest BCUT2D eigenvalue weighted by Gasteiger charge is 2.30. The van der Waals surface area contributed by atoms with Crippen LogP contribution in [0.2, 0.25) is 0 Å². The van der Waals surface area contributed by atoms with Crippen molar-refractivity contribution in [3.8, 4) is 0 Å². The summed E-state index contributed by atoms with van der Waals surface area (Å²) in [5.74, 6) is -3.92. The Kier molecular flexibility index (Phi) is 4.49. The first kappa shape index (κ1) is 12.0. The third kappa shape index (κ3) is 3.07. The summed E-state index contributed by atoms with van der Waals surface area (Å²) < 4.78 is 0. The van der Waals surface area contributed by atoms with E-state index in [0.29, 0.717) is 0 Å². The minimum absolute atomic E-state index is 0.904. The van der Waals surface area contributed by atoms with Gasteiger partial charge in [0.2, 0.25) is 5.78 Å². The fourth-order valence-corrected chi connectivity index (χ4v) is 0.594. The van der Waals surface area contributed by atoms with Gasteiger partial charge in [0.25, 0.3) is 0 Å². The van der Waals surface area contributed by atoms with Crippen LogP contribution in [0.4, 0.5) is 0 Å². The van der Waals surface area contributed by atoms with Gasteiger partial charge in [-0.15, -0.1) is 0 Å². The Labute approximate surface area is 72.9 Å². The maximum absolute atomic E-state index is 10.4. The SMILES string of the molecule is O=C([O-])C(=O)[C@@H](O)[C@H](O)[C@@H](O)CO. The molecule has 0 aliphatic heterocycles. The lowest BCUT2D eigenvalue weighted by Crippen LogP contribution is -2.49. The number of carbonyl (C=O) groups is 2. The van der Waals surface area contributed by atoms with Crippen molar-refractivity contribution in [1.82, 2.24) is 0 Å². The average Bonchev–Trinajstić information content (AvgIpc) is 2.12. The summed E-state index contributed by atoms with van der Waals surface area (Å²) in [5, 5.41) is 44.5. The molecular weight excluding hydrogens is 184 g/mol. The number of carboxylic acids is 1. The molecule has 0 radical (unpaired) electrons. The van der Waals surface area contributed by atoms with Crippen LogP contribution in [0.1, 0.15) is 0 Å². The molecule has 0 rings (SSSR count). The van der Waals surface area contributed by atoms with Crippen molar-refractivity contribution in [3.05, 3.63) is 0 Å². The maximum atomic E-state index is 10.4. The van der Waals surface area contributed by atoms with Crippen molar-refractivity contribution in [1.29, 1.82) is 0 Å². The van der Waals surface area contributed by atoms with Crippen molar-refractivity contribution in [2.75, 3.05) is 6.61 Å². The Hall–Kier alpha value is -1.02. The molecule has 0 aliphatic rings. The second kappa shape index (κ2) is 4.87. The summed E-state index contributed by atoms with van der Waals surface area (Å²) in [6.45, 7) is -0.904. The first-order chi connectivity index (χ1) is 5.91. The van der Waals surface area contributed by atoms with E-state index in [-0.39, 0.29) is 0 Å². The van der Waals surface area contributed by atoms with Gasteiger partial charge in [-0.1, -0.05) is 0 Å². The van der Waals surface area contributed by atoms with Crippen molar-refractivity contribution in [3.63, 3.8) is 0 Å². The van der Waals surface area contributed by atoms with Crippen LogP contribution in [0.15, 0.2) is 0 Å². The molecule has 7 nitrogen and oxygen atoms in total. The fraction of sp³-hybridized carbons (Fsp3) is 0.667. The summed E-state index contributed by atoms with van der Waals surface area (Å²) in [6.07, 6.45) is -6.12. The van der Waals surface area contributed by atoms with Crippen LogP contribution in [0.3, 0.4) is 0 Å². The highest BCUT2D eigenvalue weighted by atomic mass is 16.4. The molecule has 0 aromatic rings. The van der Waals surface area contributed by atoms with Gasteiger partial charge < -0.3 is 30.3 Å². The van der Waals surface area contributed by atoms with Gasteiger partial charge in [0.05, 0.1) is 6.61 Å². The normalized spacial score (nSPS) is 17.5. The van der Waals surface area contributed by atoms with Crippen LogP contribution in [0.5, 0.6) is 0 Å². The Morgan fingerprint density at radius 2 is 1.69 bits per heavy atom. The van der Waals surface area contributed by atoms with E-state index in [1.807, 2.05) is 0 Å². The molecule has 76 valence electrons. The average molecular weight is 193 g/mol. The summed E-state index contributed by atoms with van der Waals surface area (Å²) in [7, 11) is 0. The molecule has 0 amide bonds. The Balaban J connectivity index is 4.33. The molecular formula is C6H9O7-. The van der Waals surface area contributed by atoms with E-state index in [0.717, 1.165) is 0 Å². The number of aliphatic carboxylic acids is 1. The highest BCUT2D eigenvalue weighted by Crippen LogP contribution is 2.00. The van der Waals surface area contributed by atoms with Crippen LogP contribution < -0.4 is 5.11 Å². The van der Waals surface area contributed by atoms with E-state index in [1.54, 1.807) is 0 Å². The minimum atomic E-state index is -2.30. The smallest absolute Gasteiger partial charge is 0.209 e. The standard InChI is InChI=1S/C6H10O7/c7-1-2(8)3(9)4(10)5(11)6(12)13/h2-4,7-10H,1H2,(H,12,13)/p-1/t2-,3+,4-/m0/s1. The molecule has 3 atom stereocenters. The summed E-state index contributed by atoms with van der Waals surface area (Å²) in [6, 6.07) is 0. The molecule has 0 aromatic heterocycles. The summed E-state index contributed by atoms with van der Waals surface area (Å²) in [5.41, 5.74) is 0. The monoisotopic (exact) mass is 193 g/mol. The lowest BCUT2D eigenvalue weighted by Gasteiger charge is -2.20. The lowest BCUT2D eigenvalue weighted by molar-refractivity contribution is -0.301. The van der Waals surface area contributed by atoms with Crippen LogP contribution in [0, 0.1) is 0 Å². The van der Waals surface area contributed by atoms with Crippen LogP contribution in [0.25, 0.3) is 0 Å². The number of rotatable bonds is 5. The molecule has 0 bridgehead atoms. The van der Waals surface area contributed by atoms with Crippen LogP contribution in [-0.2, 0) is 9.59 Å². The van der Waals surface area contributed by atoms with Crippen LogP contribution in [-0.4, -0.2) is 57.1 Å². The second-order valence-electron chi connectivity index (χ2n) is 2.34. The van der Waals surface area contributed by atoms with Crippen molar-refractivity contribution < 1.29 is 35.1 Å². The number of carboxylic acid groups (broad SMARTS) is 1. The van der Waals surface area contributed by atoms with Crippen molar-refractivity contribution in [2.45, 2.75) is 18.3 Å². The first-order valence-electron chi connectivity index (χ1n) is 3.32. The van der Waals surface area contributed by atoms with Gasteiger partial charge in [-0.25, -0.2) is 0 Å². The lowest BCUT2D eigenvalue weighted by atomic mass is 10.1. The van der Waals surface area contributed by atoms with Gasteiger partial charge >= 0.3 is 0 Å². The number of ketones is 1. The quantitative estimate of drug-likeness (QED) is 0.322. The molecule has 0 aromatic carbocycles. The molecule has 13 heavy (non-hydrogen) atoms. The summed E-state index contributed by atoms with van der Waals surface area (Å²) in [4.78, 5) is 20.3. The zero-order chi connectivity index (χ0) is 10.6. The third-order valence-electron chi connectivity index (χ3n) is 1.37. The van der Waals surface area contributed by atoms with Gasteiger partial charge in [-0.3, -0.25) is 4.79 Å². The predicted octanol–water partition coefficient (Wildman–Crippen LogP) is -4.62. The number of aliphatic hydroxyl groups excluding tert-OH is 4. The zero-order valence-electron chi connectivity index (χ0n) is 6.45. The van der Waals surface area contributed by atoms with E-state index in [1.165, 1.54) is 0 Å². The third-order valence-corrected chi connectivity index (χ3v) is 1.37. The number of Topliss-reactive ketones (excluding diaryl/α,β-unsaturated/α-hetero) is 1. The fourth-order valence-electron chi connectivity index (χ4n) is 0.594. The number of aliphatic hydroxyl groups is 4. The van der Waals surface area contributed by atoms with Gasteiger partial charge in [-0.2, -0.15) is 0 Å². The molecule has 0 aliphatic carbocycles. The molecule has 0 unspecified atom stereocenters. The Morgan fingerprint density at radius 3 is 2.00 bits per heavy atom. The van der Waals surface area contributed by atoms with E-state index in [4.69, 9.17) is 20.4 Å². The van der Waals surface area contributed by atoms with E-state index in [9.17, 15) is 14.7 Å². The van der Waals surface area contributed by atoms with E-state index in [2.05, 4.69) is 0 Å². The Morgan fingerprint density at radius 1 is 1.23 bits per heavy atom. The number of carbonyl (C=O) groups excluding carboxylic acids is 2. The Bertz CT molecular complexity index is 201. The van der Waals surface area contributed by atoms with Crippen molar-refractivity contribution in [2.24, 2.45) is 0 Å². The second-order valence-corrected chi connectivity index (χ2v) is 2.34. The van der Waals surface area contributed by atoms with Gasteiger partial charge in [0.15, 0.2) is 0 Å². The highest BCUT2D eigenvalue weighted by molar-refractivity contribution is 6.33. The molecule has 0 spiro atoms. The van der Waals surface area contributed by atoms with E-state index < -0.39 is 36.7 Å². The topological polar surface area (TPSA) is 138 Å². The maximum Gasteiger partial charge on any atom is 0.209 e. The van der Waals surface area contributed by atoms with Gasteiger partial charge in [-0.05, 0) is 0 Å². The summed E-state index contributed by atoms with van der Waals surface area (Å²) >= 11 is 0. The molecule has 0 heterocycles. The molecule has 0 saturated carbocycles. The molecule has 4 N–H and O–H groups in total. The first-order valence-corrected chi connectivity index (χ1v) is 3.32. The van der Waals surface area contributed by atoms with Crippen molar-refractivity contribution >= 4 is 11.8 Å². The van der Waals surface area contributed by atoms with Gasteiger partial charge in [0.1, 0.15) is 24.3 Å². The predicted molar refractivity (Wildman–Crippen MR) is 35.1 cm³/mol. The number of hydrogen-bond donors (Lipinski definition) is 4.